The first-order chi connectivity index (χ1) is 7.27. The minimum atomic E-state index is -0.194. The van der Waals surface area contributed by atoms with Crippen molar-refractivity contribution in [3.05, 3.63) is 0 Å². The second kappa shape index (κ2) is 7.21. The van der Waals surface area contributed by atoms with Crippen LogP contribution in [0.3, 0.4) is 0 Å². The van der Waals surface area contributed by atoms with E-state index in [1.165, 1.54) is 0 Å². The van der Waals surface area contributed by atoms with Gasteiger partial charge in [0.1, 0.15) is 0 Å². The molecule has 2 nitrogen and oxygen atoms in total. The zero-order chi connectivity index (χ0) is 12.9. The average molecular weight is 245 g/mol. The van der Waals surface area contributed by atoms with Crippen molar-refractivity contribution < 1.29 is 4.79 Å². The predicted octanol–water partition coefficient (Wildman–Crippen LogP) is 2.99. The quantitative estimate of drug-likeness (QED) is 0.692. The number of hydrogen-bond acceptors (Lipinski definition) is 2. The Labute approximate surface area is 106 Å². The van der Waals surface area contributed by atoms with Gasteiger partial charge in [-0.15, -0.1) is 0 Å². The molecule has 0 aliphatic carbocycles. The molecular formula is C13H27NOS. The van der Waals surface area contributed by atoms with Gasteiger partial charge in [-0.3, -0.25) is 4.79 Å². The van der Waals surface area contributed by atoms with Crippen molar-refractivity contribution in [2.75, 3.05) is 6.54 Å². The molecule has 0 bridgehead atoms. The van der Waals surface area contributed by atoms with E-state index in [1.807, 2.05) is 13.8 Å². The summed E-state index contributed by atoms with van der Waals surface area (Å²) in [5.41, 5.74) is 0. The fourth-order valence-electron chi connectivity index (χ4n) is 1.87. The Kier molecular flexibility index (Phi) is 7.12. The molecule has 96 valence electrons. The third-order valence-corrected chi connectivity index (χ3v) is 3.96. The van der Waals surface area contributed by atoms with Crippen LogP contribution in [0, 0.1) is 23.7 Å². The summed E-state index contributed by atoms with van der Waals surface area (Å²) in [6.07, 6.45) is 0. The summed E-state index contributed by atoms with van der Waals surface area (Å²) >= 11 is 4.31. The molecule has 0 aliphatic rings. The Hall–Kier alpha value is -0.180. The van der Waals surface area contributed by atoms with Crippen molar-refractivity contribution in [3.63, 3.8) is 0 Å². The highest BCUT2D eigenvalue weighted by molar-refractivity contribution is 7.81. The molecule has 1 amide bonds. The first kappa shape index (κ1) is 15.8. The standard InChI is InChI=1S/C13H27NOS/c1-8(2)11(9(3)4)7-14-13(15)12(16)10(5)6/h8-12,16H,7H2,1-6H3,(H,14,15). The SMILES string of the molecule is CC(C)C(S)C(=O)NCC(C(C)C)C(C)C. The number of rotatable bonds is 6. The molecule has 0 radical (unpaired) electrons. The summed E-state index contributed by atoms with van der Waals surface area (Å²) < 4.78 is 0. The zero-order valence-corrected chi connectivity index (χ0v) is 12.3. The molecule has 16 heavy (non-hydrogen) atoms. The monoisotopic (exact) mass is 245 g/mol. The molecule has 0 spiro atoms. The Morgan fingerprint density at radius 2 is 1.44 bits per heavy atom. The van der Waals surface area contributed by atoms with E-state index in [0.29, 0.717) is 17.8 Å². The van der Waals surface area contributed by atoms with E-state index in [4.69, 9.17) is 0 Å². The maximum atomic E-state index is 11.7. The first-order valence-corrected chi connectivity index (χ1v) is 6.74. The van der Waals surface area contributed by atoms with Gasteiger partial charge in [0.25, 0.3) is 0 Å². The fourth-order valence-corrected chi connectivity index (χ4v) is 1.96. The first-order valence-electron chi connectivity index (χ1n) is 6.23. The number of carbonyl (C=O) groups is 1. The van der Waals surface area contributed by atoms with Crippen molar-refractivity contribution in [1.29, 1.82) is 0 Å². The molecule has 0 rings (SSSR count). The van der Waals surface area contributed by atoms with Gasteiger partial charge < -0.3 is 5.32 Å². The molecule has 0 aliphatic heterocycles. The van der Waals surface area contributed by atoms with Gasteiger partial charge in [-0.05, 0) is 23.7 Å². The van der Waals surface area contributed by atoms with Gasteiger partial charge in [-0.1, -0.05) is 41.5 Å². The average Bonchev–Trinajstić information content (AvgIpc) is 2.15. The van der Waals surface area contributed by atoms with E-state index in [0.717, 1.165) is 6.54 Å². The van der Waals surface area contributed by atoms with Crippen LogP contribution in [0.5, 0.6) is 0 Å². The van der Waals surface area contributed by atoms with Gasteiger partial charge in [-0.25, -0.2) is 0 Å². The van der Waals surface area contributed by atoms with Crippen molar-refractivity contribution in [2.45, 2.75) is 46.8 Å². The lowest BCUT2D eigenvalue weighted by molar-refractivity contribution is -0.121. The van der Waals surface area contributed by atoms with Crippen LogP contribution in [-0.4, -0.2) is 17.7 Å². The van der Waals surface area contributed by atoms with E-state index in [9.17, 15) is 4.79 Å². The summed E-state index contributed by atoms with van der Waals surface area (Å²) in [6.45, 7) is 13.6. The minimum Gasteiger partial charge on any atom is -0.355 e. The molecule has 0 saturated carbocycles. The molecule has 0 aromatic carbocycles. The fraction of sp³-hybridized carbons (Fsp3) is 0.923. The maximum Gasteiger partial charge on any atom is 0.233 e. The van der Waals surface area contributed by atoms with Crippen LogP contribution in [0.15, 0.2) is 0 Å². The Balaban J connectivity index is 4.16. The Bertz CT molecular complexity index is 206. The summed E-state index contributed by atoms with van der Waals surface area (Å²) in [6, 6.07) is 0. The van der Waals surface area contributed by atoms with Gasteiger partial charge in [0.2, 0.25) is 5.91 Å². The number of nitrogens with one attached hydrogen (secondary N) is 1. The van der Waals surface area contributed by atoms with E-state index in [1.54, 1.807) is 0 Å². The highest BCUT2D eigenvalue weighted by Gasteiger charge is 2.21. The van der Waals surface area contributed by atoms with Crippen molar-refractivity contribution in [1.82, 2.24) is 5.32 Å². The van der Waals surface area contributed by atoms with Gasteiger partial charge in [-0.2, -0.15) is 12.6 Å². The smallest absolute Gasteiger partial charge is 0.233 e. The maximum absolute atomic E-state index is 11.7. The van der Waals surface area contributed by atoms with Crippen molar-refractivity contribution in [2.24, 2.45) is 23.7 Å². The van der Waals surface area contributed by atoms with Gasteiger partial charge in [0, 0.05) is 6.54 Å². The van der Waals surface area contributed by atoms with Crippen LogP contribution in [0.4, 0.5) is 0 Å². The van der Waals surface area contributed by atoms with E-state index in [-0.39, 0.29) is 17.1 Å². The lowest BCUT2D eigenvalue weighted by atomic mass is 9.85. The topological polar surface area (TPSA) is 29.1 Å². The zero-order valence-electron chi connectivity index (χ0n) is 11.4. The molecule has 1 unspecified atom stereocenters. The number of hydrogen-bond donors (Lipinski definition) is 2. The van der Waals surface area contributed by atoms with Crippen LogP contribution in [0.1, 0.15) is 41.5 Å². The van der Waals surface area contributed by atoms with Crippen LogP contribution in [0.25, 0.3) is 0 Å². The number of amides is 1. The highest BCUT2D eigenvalue weighted by Crippen LogP contribution is 2.19. The molecule has 0 saturated heterocycles. The van der Waals surface area contributed by atoms with E-state index < -0.39 is 0 Å². The van der Waals surface area contributed by atoms with Crippen LogP contribution in [-0.2, 0) is 4.79 Å². The van der Waals surface area contributed by atoms with E-state index in [2.05, 4.69) is 45.6 Å². The van der Waals surface area contributed by atoms with Crippen LogP contribution >= 0.6 is 12.6 Å². The van der Waals surface area contributed by atoms with Gasteiger partial charge >= 0.3 is 0 Å². The Morgan fingerprint density at radius 1 is 1.00 bits per heavy atom. The lowest BCUT2D eigenvalue weighted by Gasteiger charge is -2.26. The molecular weight excluding hydrogens is 218 g/mol. The summed E-state index contributed by atoms with van der Waals surface area (Å²) in [5, 5.41) is 2.82. The lowest BCUT2D eigenvalue weighted by Crippen LogP contribution is -2.39. The Morgan fingerprint density at radius 3 is 1.75 bits per heavy atom. The second-order valence-electron chi connectivity index (χ2n) is 5.59. The summed E-state index contributed by atoms with van der Waals surface area (Å²) in [4.78, 5) is 11.7. The third-order valence-electron chi connectivity index (χ3n) is 3.12. The molecule has 0 aromatic rings. The highest BCUT2D eigenvalue weighted by atomic mass is 32.1. The normalized spacial score (nSPS) is 13.9. The number of thiol groups is 1. The second-order valence-corrected chi connectivity index (χ2v) is 6.14. The largest absolute Gasteiger partial charge is 0.355 e. The van der Waals surface area contributed by atoms with Crippen molar-refractivity contribution >= 4 is 18.5 Å². The third kappa shape index (κ3) is 5.24. The molecule has 0 aromatic heterocycles. The molecule has 3 heteroatoms. The predicted molar refractivity (Wildman–Crippen MR) is 73.8 cm³/mol. The van der Waals surface area contributed by atoms with E-state index >= 15 is 0 Å². The van der Waals surface area contributed by atoms with Gasteiger partial charge in [0.05, 0.1) is 5.25 Å². The molecule has 1 N–H and O–H groups in total. The van der Waals surface area contributed by atoms with Gasteiger partial charge in [0.15, 0.2) is 0 Å². The summed E-state index contributed by atoms with van der Waals surface area (Å²) in [7, 11) is 0. The molecule has 1 atom stereocenters. The van der Waals surface area contributed by atoms with Crippen LogP contribution in [0.2, 0.25) is 0 Å². The minimum absolute atomic E-state index is 0.0598. The van der Waals surface area contributed by atoms with Crippen molar-refractivity contribution in [3.8, 4) is 0 Å². The molecule has 0 fully saturated rings. The number of carbonyl (C=O) groups excluding carboxylic acids is 1. The van der Waals surface area contributed by atoms with Crippen LogP contribution < -0.4 is 5.32 Å². The molecule has 0 heterocycles. The summed E-state index contributed by atoms with van der Waals surface area (Å²) in [5.74, 6) is 2.07.